The molecule has 25 heavy (non-hydrogen) atoms. The zero-order valence-electron chi connectivity index (χ0n) is 15.0. The zero-order chi connectivity index (χ0) is 17.9. The topological polar surface area (TPSA) is 89.4 Å². The minimum Gasteiger partial charge on any atom is -0.378 e. The number of rotatable bonds is 7. The fourth-order valence-electron chi connectivity index (χ4n) is 4.38. The molecule has 1 heterocycles. The molecule has 3 rings (SSSR count). The molecule has 0 radical (unpaired) electrons. The Bertz CT molecular complexity index is 597. The molecule has 8 heteroatoms. The van der Waals surface area contributed by atoms with E-state index in [1.807, 2.05) is 18.9 Å². The third kappa shape index (κ3) is 3.53. The second-order valence-electron chi connectivity index (χ2n) is 7.01. The molecule has 1 N–H and O–H groups in total. The number of amides is 2. The maximum absolute atomic E-state index is 12.5. The van der Waals surface area contributed by atoms with Gasteiger partial charge in [-0.1, -0.05) is 12.8 Å². The molecule has 2 fully saturated rings. The lowest BCUT2D eigenvalue weighted by molar-refractivity contribution is -0.172. The molecule has 0 aromatic carbocycles. The molecule has 0 bridgehead atoms. The number of hydrogen-bond donors (Lipinski definition) is 1. The predicted molar refractivity (Wildman–Crippen MR) is 90.5 cm³/mol. The van der Waals surface area contributed by atoms with Crippen molar-refractivity contribution in [3.63, 3.8) is 0 Å². The summed E-state index contributed by atoms with van der Waals surface area (Å²) < 4.78 is 7.34. The van der Waals surface area contributed by atoms with E-state index in [1.54, 1.807) is 0 Å². The Morgan fingerprint density at radius 1 is 1.40 bits per heavy atom. The Hall–Kier alpha value is -1.96. The van der Waals surface area contributed by atoms with E-state index >= 15 is 0 Å². The largest absolute Gasteiger partial charge is 0.378 e. The number of carbonyl (C=O) groups excluding carboxylic acids is 2. The van der Waals surface area contributed by atoms with E-state index in [0.717, 1.165) is 25.9 Å². The van der Waals surface area contributed by atoms with E-state index in [-0.39, 0.29) is 42.5 Å². The molecular weight excluding hydrogens is 322 g/mol. The number of ether oxygens (including phenoxy) is 1. The highest BCUT2D eigenvalue weighted by Gasteiger charge is 2.58. The van der Waals surface area contributed by atoms with Crippen molar-refractivity contribution in [2.24, 2.45) is 5.41 Å². The van der Waals surface area contributed by atoms with Crippen LogP contribution in [0.1, 0.15) is 39.0 Å². The summed E-state index contributed by atoms with van der Waals surface area (Å²) >= 11 is 0. The van der Waals surface area contributed by atoms with Crippen LogP contribution in [0.25, 0.3) is 0 Å². The third-order valence-corrected chi connectivity index (χ3v) is 5.71. The number of nitrogens with one attached hydrogen (secondary N) is 1. The molecule has 1 aromatic heterocycles. The highest BCUT2D eigenvalue weighted by atomic mass is 16.5. The van der Waals surface area contributed by atoms with Gasteiger partial charge in [0.15, 0.2) is 0 Å². The van der Waals surface area contributed by atoms with Crippen LogP contribution in [0.2, 0.25) is 0 Å². The third-order valence-electron chi connectivity index (χ3n) is 5.71. The van der Waals surface area contributed by atoms with Crippen LogP contribution in [0.5, 0.6) is 0 Å². The fourth-order valence-corrected chi connectivity index (χ4v) is 4.38. The number of likely N-dealkylation sites (N-methyl/N-ethyl adjacent to an activating group) is 1. The molecule has 1 aromatic rings. The molecule has 1 spiro atoms. The van der Waals surface area contributed by atoms with Crippen molar-refractivity contribution in [1.29, 1.82) is 0 Å². The first kappa shape index (κ1) is 17.8. The summed E-state index contributed by atoms with van der Waals surface area (Å²) in [6, 6.07) is 0.214. The SMILES string of the molecule is CCO[C@H]1C[C@@H](N(C)C(=O)CNC(=O)Cn2cncn2)C12CCCC2. The van der Waals surface area contributed by atoms with Crippen molar-refractivity contribution in [1.82, 2.24) is 25.0 Å². The number of carbonyl (C=O) groups is 2. The quantitative estimate of drug-likeness (QED) is 0.778. The van der Waals surface area contributed by atoms with E-state index in [0.29, 0.717) is 0 Å². The van der Waals surface area contributed by atoms with Gasteiger partial charge in [0.25, 0.3) is 0 Å². The first-order valence-electron chi connectivity index (χ1n) is 9.03. The van der Waals surface area contributed by atoms with Crippen molar-refractivity contribution < 1.29 is 14.3 Å². The smallest absolute Gasteiger partial charge is 0.242 e. The summed E-state index contributed by atoms with van der Waals surface area (Å²) in [4.78, 5) is 30.0. The van der Waals surface area contributed by atoms with Crippen molar-refractivity contribution in [3.05, 3.63) is 12.7 Å². The van der Waals surface area contributed by atoms with E-state index in [1.165, 1.54) is 30.2 Å². The van der Waals surface area contributed by atoms with Gasteiger partial charge >= 0.3 is 0 Å². The van der Waals surface area contributed by atoms with Crippen molar-refractivity contribution in [3.8, 4) is 0 Å². The van der Waals surface area contributed by atoms with Gasteiger partial charge in [-0.2, -0.15) is 5.10 Å². The predicted octanol–water partition coefficient (Wildman–Crippen LogP) is 0.591. The standard InChI is InChI=1S/C17H27N5O3/c1-3-25-14-8-13(17(14)6-4-5-7-17)21(2)16(24)9-19-15(23)10-22-12-18-11-20-22/h11-14H,3-10H2,1-2H3,(H,19,23)/t13-,14+/m1/s1. The minimum atomic E-state index is -0.247. The summed E-state index contributed by atoms with van der Waals surface area (Å²) in [6.45, 7) is 2.82. The van der Waals surface area contributed by atoms with Gasteiger partial charge in [0.2, 0.25) is 11.8 Å². The van der Waals surface area contributed by atoms with E-state index < -0.39 is 0 Å². The van der Waals surface area contributed by atoms with Gasteiger partial charge in [-0.3, -0.25) is 9.59 Å². The molecule has 2 aliphatic carbocycles. The van der Waals surface area contributed by atoms with Crippen molar-refractivity contribution in [2.75, 3.05) is 20.2 Å². The van der Waals surface area contributed by atoms with Gasteiger partial charge in [0.1, 0.15) is 19.2 Å². The number of nitrogens with zero attached hydrogens (tertiary/aromatic N) is 4. The molecule has 2 aliphatic rings. The van der Waals surface area contributed by atoms with Crippen LogP contribution in [-0.2, 0) is 20.9 Å². The molecule has 2 atom stereocenters. The monoisotopic (exact) mass is 349 g/mol. The lowest BCUT2D eigenvalue weighted by atomic mass is 9.60. The van der Waals surface area contributed by atoms with E-state index in [4.69, 9.17) is 4.74 Å². The molecule has 0 aliphatic heterocycles. The molecule has 0 unspecified atom stereocenters. The molecule has 2 amide bonds. The molecule has 138 valence electrons. The van der Waals surface area contributed by atoms with Crippen LogP contribution >= 0.6 is 0 Å². The summed E-state index contributed by atoms with van der Waals surface area (Å²) in [7, 11) is 1.85. The second kappa shape index (κ2) is 7.51. The van der Waals surface area contributed by atoms with Crippen LogP contribution in [0.4, 0.5) is 0 Å². The fraction of sp³-hybridized carbons (Fsp3) is 0.765. The molecule has 8 nitrogen and oxygen atoms in total. The van der Waals surface area contributed by atoms with Gasteiger partial charge < -0.3 is 15.0 Å². The number of aromatic nitrogens is 3. The van der Waals surface area contributed by atoms with Gasteiger partial charge in [0, 0.05) is 25.1 Å². The van der Waals surface area contributed by atoms with Gasteiger partial charge in [-0.05, 0) is 26.2 Å². The maximum Gasteiger partial charge on any atom is 0.242 e. The summed E-state index contributed by atoms with van der Waals surface area (Å²) in [5.74, 6) is -0.304. The zero-order valence-corrected chi connectivity index (χ0v) is 15.0. The summed E-state index contributed by atoms with van der Waals surface area (Å²) in [5, 5.41) is 6.55. The van der Waals surface area contributed by atoms with Gasteiger partial charge in [-0.25, -0.2) is 9.67 Å². The van der Waals surface area contributed by atoms with Gasteiger partial charge in [-0.15, -0.1) is 0 Å². The first-order chi connectivity index (χ1) is 12.1. The van der Waals surface area contributed by atoms with Crippen LogP contribution in [0.3, 0.4) is 0 Å². The molecule has 2 saturated carbocycles. The maximum atomic E-state index is 12.5. The average molecular weight is 349 g/mol. The summed E-state index contributed by atoms with van der Waals surface area (Å²) in [5.41, 5.74) is 0.116. The van der Waals surface area contributed by atoms with E-state index in [9.17, 15) is 9.59 Å². The Morgan fingerprint density at radius 2 is 2.16 bits per heavy atom. The second-order valence-corrected chi connectivity index (χ2v) is 7.01. The minimum absolute atomic E-state index is 0.00983. The van der Waals surface area contributed by atoms with Crippen LogP contribution in [-0.4, -0.2) is 63.8 Å². The molecular formula is C17H27N5O3. The average Bonchev–Trinajstić information content (AvgIpc) is 3.28. The van der Waals surface area contributed by atoms with Crippen LogP contribution in [0.15, 0.2) is 12.7 Å². The Kier molecular flexibility index (Phi) is 5.36. The first-order valence-corrected chi connectivity index (χ1v) is 9.03. The lowest BCUT2D eigenvalue weighted by Crippen LogP contribution is -2.64. The lowest BCUT2D eigenvalue weighted by Gasteiger charge is -2.57. The summed E-state index contributed by atoms with van der Waals surface area (Å²) in [6.07, 6.45) is 8.66. The highest BCUT2D eigenvalue weighted by molar-refractivity contribution is 5.84. The van der Waals surface area contributed by atoms with Crippen LogP contribution < -0.4 is 5.32 Å². The molecule has 0 saturated heterocycles. The van der Waals surface area contributed by atoms with Crippen LogP contribution in [0, 0.1) is 5.41 Å². The normalized spacial score (nSPS) is 24.1. The van der Waals surface area contributed by atoms with Crippen molar-refractivity contribution in [2.45, 2.75) is 57.7 Å². The number of hydrogen-bond acceptors (Lipinski definition) is 5. The van der Waals surface area contributed by atoms with Crippen molar-refractivity contribution >= 4 is 11.8 Å². The van der Waals surface area contributed by atoms with E-state index in [2.05, 4.69) is 15.4 Å². The Labute approximate surface area is 147 Å². The Balaban J connectivity index is 1.51. The highest BCUT2D eigenvalue weighted by Crippen LogP contribution is 2.56. The van der Waals surface area contributed by atoms with Gasteiger partial charge in [0.05, 0.1) is 12.6 Å². The Morgan fingerprint density at radius 3 is 2.80 bits per heavy atom.